The summed E-state index contributed by atoms with van der Waals surface area (Å²) >= 11 is 1.67. The summed E-state index contributed by atoms with van der Waals surface area (Å²) in [7, 11) is 1.70. The second-order valence-corrected chi connectivity index (χ2v) is 4.85. The van der Waals surface area contributed by atoms with Gasteiger partial charge < -0.3 is 10.1 Å². The molecule has 0 spiro atoms. The molecule has 0 radical (unpaired) electrons. The van der Waals surface area contributed by atoms with Gasteiger partial charge in [-0.25, -0.2) is 0 Å². The lowest BCUT2D eigenvalue weighted by molar-refractivity contribution is 0.411. The molecule has 90 valence electrons. The summed E-state index contributed by atoms with van der Waals surface area (Å²) in [5.74, 6) is 0.941. The van der Waals surface area contributed by atoms with Crippen molar-refractivity contribution in [1.82, 2.24) is 10.3 Å². The first-order valence-electron chi connectivity index (χ1n) is 5.51. The van der Waals surface area contributed by atoms with Crippen LogP contribution in [0.3, 0.4) is 0 Å². The maximum Gasteiger partial charge on any atom is 0.121 e. The lowest BCUT2D eigenvalue weighted by atomic mass is 10.1. The summed E-state index contributed by atoms with van der Waals surface area (Å²) in [6, 6.07) is 6.25. The van der Waals surface area contributed by atoms with Crippen molar-refractivity contribution in [3.05, 3.63) is 45.9 Å². The molecule has 1 heterocycles. The van der Waals surface area contributed by atoms with Crippen molar-refractivity contribution in [2.75, 3.05) is 7.11 Å². The summed E-state index contributed by atoms with van der Waals surface area (Å²) in [4.78, 5) is 5.31. The molecule has 0 aliphatic rings. The molecule has 1 N–H and O–H groups in total. The summed E-state index contributed by atoms with van der Waals surface area (Å²) in [5, 5.41) is 3.40. The quantitative estimate of drug-likeness (QED) is 0.883. The highest BCUT2D eigenvalue weighted by molar-refractivity contribution is 7.09. The molecular weight excluding hydrogens is 232 g/mol. The van der Waals surface area contributed by atoms with Crippen LogP contribution in [-0.2, 0) is 13.1 Å². The first-order chi connectivity index (χ1) is 8.29. The molecule has 0 saturated carbocycles. The average molecular weight is 248 g/mol. The standard InChI is InChI=1S/C13H16N2OS/c1-10-5-11(3-4-13(10)16-2)6-14-7-12-8-15-9-17-12/h3-5,8-9,14H,6-7H2,1-2H3. The largest absolute Gasteiger partial charge is 0.496 e. The van der Waals surface area contributed by atoms with E-state index in [1.807, 2.05) is 17.8 Å². The minimum atomic E-state index is 0.864. The fourth-order valence-electron chi connectivity index (χ4n) is 1.71. The van der Waals surface area contributed by atoms with Crippen molar-refractivity contribution in [2.45, 2.75) is 20.0 Å². The molecule has 0 atom stereocenters. The number of methoxy groups -OCH3 is 1. The highest BCUT2D eigenvalue weighted by Crippen LogP contribution is 2.18. The number of hydrogen-bond acceptors (Lipinski definition) is 4. The van der Waals surface area contributed by atoms with E-state index in [2.05, 4.69) is 29.4 Å². The first kappa shape index (κ1) is 12.1. The zero-order valence-electron chi connectivity index (χ0n) is 10.1. The highest BCUT2D eigenvalue weighted by Gasteiger charge is 2.00. The van der Waals surface area contributed by atoms with Crippen LogP contribution in [0.5, 0.6) is 5.75 Å². The highest BCUT2D eigenvalue weighted by atomic mass is 32.1. The maximum absolute atomic E-state index is 5.24. The number of nitrogens with one attached hydrogen (secondary N) is 1. The zero-order chi connectivity index (χ0) is 12.1. The molecule has 0 saturated heterocycles. The Morgan fingerprint density at radius 1 is 1.35 bits per heavy atom. The molecule has 2 aromatic rings. The van der Waals surface area contributed by atoms with Gasteiger partial charge in [0.1, 0.15) is 5.75 Å². The molecule has 17 heavy (non-hydrogen) atoms. The SMILES string of the molecule is COc1ccc(CNCc2cncs2)cc1C. The predicted molar refractivity (Wildman–Crippen MR) is 70.4 cm³/mol. The number of hydrogen-bond donors (Lipinski definition) is 1. The van der Waals surface area contributed by atoms with E-state index in [0.29, 0.717) is 0 Å². The Bertz CT molecular complexity index is 468. The van der Waals surface area contributed by atoms with Gasteiger partial charge in [-0.2, -0.15) is 0 Å². The molecule has 2 rings (SSSR count). The predicted octanol–water partition coefficient (Wildman–Crippen LogP) is 2.75. The third-order valence-corrected chi connectivity index (χ3v) is 3.35. The van der Waals surface area contributed by atoms with Crippen molar-refractivity contribution >= 4 is 11.3 Å². The van der Waals surface area contributed by atoms with Gasteiger partial charge in [-0.05, 0) is 24.1 Å². The number of rotatable bonds is 5. The second kappa shape index (κ2) is 5.80. The Morgan fingerprint density at radius 2 is 2.24 bits per heavy atom. The monoisotopic (exact) mass is 248 g/mol. The van der Waals surface area contributed by atoms with Gasteiger partial charge in [0.15, 0.2) is 0 Å². The molecular formula is C13H16N2OS. The van der Waals surface area contributed by atoms with E-state index < -0.39 is 0 Å². The van der Waals surface area contributed by atoms with Gasteiger partial charge in [-0.1, -0.05) is 12.1 Å². The summed E-state index contributed by atoms with van der Waals surface area (Å²) in [6.07, 6.45) is 1.90. The molecule has 0 bridgehead atoms. The average Bonchev–Trinajstić information content (AvgIpc) is 2.82. The van der Waals surface area contributed by atoms with Gasteiger partial charge in [-0.15, -0.1) is 11.3 Å². The zero-order valence-corrected chi connectivity index (χ0v) is 10.9. The van der Waals surface area contributed by atoms with Gasteiger partial charge in [-0.3, -0.25) is 4.98 Å². The van der Waals surface area contributed by atoms with Crippen molar-refractivity contribution in [3.8, 4) is 5.75 Å². The number of ether oxygens (including phenoxy) is 1. The van der Waals surface area contributed by atoms with E-state index in [9.17, 15) is 0 Å². The van der Waals surface area contributed by atoms with Crippen molar-refractivity contribution in [2.24, 2.45) is 0 Å². The Hall–Kier alpha value is -1.39. The third kappa shape index (κ3) is 3.28. The van der Waals surface area contributed by atoms with Crippen LogP contribution in [0, 0.1) is 6.92 Å². The van der Waals surface area contributed by atoms with E-state index in [0.717, 1.165) is 18.8 Å². The minimum Gasteiger partial charge on any atom is -0.496 e. The fraction of sp³-hybridized carbons (Fsp3) is 0.308. The molecule has 0 fully saturated rings. The third-order valence-electron chi connectivity index (χ3n) is 2.57. The van der Waals surface area contributed by atoms with Crippen LogP contribution in [0.2, 0.25) is 0 Å². The van der Waals surface area contributed by atoms with Crippen molar-refractivity contribution in [1.29, 1.82) is 0 Å². The van der Waals surface area contributed by atoms with E-state index in [1.165, 1.54) is 16.0 Å². The van der Waals surface area contributed by atoms with E-state index in [1.54, 1.807) is 18.4 Å². The van der Waals surface area contributed by atoms with Crippen LogP contribution < -0.4 is 10.1 Å². The molecule has 0 aliphatic heterocycles. The van der Waals surface area contributed by atoms with Crippen LogP contribution in [0.15, 0.2) is 29.9 Å². The van der Waals surface area contributed by atoms with Gasteiger partial charge >= 0.3 is 0 Å². The van der Waals surface area contributed by atoms with Crippen molar-refractivity contribution in [3.63, 3.8) is 0 Å². The Morgan fingerprint density at radius 3 is 2.88 bits per heavy atom. The smallest absolute Gasteiger partial charge is 0.121 e. The second-order valence-electron chi connectivity index (χ2n) is 3.88. The molecule has 0 aliphatic carbocycles. The van der Waals surface area contributed by atoms with E-state index in [-0.39, 0.29) is 0 Å². The van der Waals surface area contributed by atoms with Crippen LogP contribution in [0.1, 0.15) is 16.0 Å². The summed E-state index contributed by atoms with van der Waals surface area (Å²) < 4.78 is 5.24. The maximum atomic E-state index is 5.24. The Labute approximate surface area is 105 Å². The van der Waals surface area contributed by atoms with E-state index in [4.69, 9.17) is 4.74 Å². The number of aryl methyl sites for hydroxylation is 1. The van der Waals surface area contributed by atoms with Crippen LogP contribution >= 0.6 is 11.3 Å². The van der Waals surface area contributed by atoms with Crippen molar-refractivity contribution < 1.29 is 4.74 Å². The van der Waals surface area contributed by atoms with Gasteiger partial charge in [0.05, 0.1) is 12.6 Å². The summed E-state index contributed by atoms with van der Waals surface area (Å²) in [6.45, 7) is 3.80. The first-order valence-corrected chi connectivity index (χ1v) is 6.39. The molecule has 1 aromatic heterocycles. The Balaban J connectivity index is 1.89. The fourth-order valence-corrected chi connectivity index (χ4v) is 2.27. The molecule has 0 amide bonds. The molecule has 3 nitrogen and oxygen atoms in total. The molecule has 4 heteroatoms. The van der Waals surface area contributed by atoms with E-state index >= 15 is 0 Å². The lowest BCUT2D eigenvalue weighted by Crippen LogP contribution is -2.11. The number of aromatic nitrogens is 1. The van der Waals surface area contributed by atoms with Gasteiger partial charge in [0.25, 0.3) is 0 Å². The minimum absolute atomic E-state index is 0.864. The summed E-state index contributed by atoms with van der Waals surface area (Å²) in [5.41, 5.74) is 4.30. The molecule has 1 aromatic carbocycles. The Kier molecular flexibility index (Phi) is 4.12. The van der Waals surface area contributed by atoms with Crippen LogP contribution in [0.4, 0.5) is 0 Å². The van der Waals surface area contributed by atoms with Crippen LogP contribution in [0.25, 0.3) is 0 Å². The normalized spacial score (nSPS) is 10.5. The number of thiazole rings is 1. The van der Waals surface area contributed by atoms with Gasteiger partial charge in [0.2, 0.25) is 0 Å². The topological polar surface area (TPSA) is 34.1 Å². The molecule has 0 unspecified atom stereocenters. The lowest BCUT2D eigenvalue weighted by Gasteiger charge is -2.08. The number of benzene rings is 1. The van der Waals surface area contributed by atoms with Crippen LogP contribution in [-0.4, -0.2) is 12.1 Å². The van der Waals surface area contributed by atoms with Gasteiger partial charge in [0, 0.05) is 24.2 Å². The number of nitrogens with zero attached hydrogens (tertiary/aromatic N) is 1.